The fourth-order valence-electron chi connectivity index (χ4n) is 6.63. The van der Waals surface area contributed by atoms with Crippen LogP contribution in [0.2, 0.25) is 0 Å². The van der Waals surface area contributed by atoms with E-state index in [1.54, 1.807) is 42.8 Å². The van der Waals surface area contributed by atoms with Crippen LogP contribution in [0.15, 0.2) is 59.5 Å². The zero-order valence-electron chi connectivity index (χ0n) is 29.1. The van der Waals surface area contributed by atoms with Crippen molar-refractivity contribution in [3.05, 3.63) is 82.4 Å². The lowest BCUT2D eigenvalue weighted by molar-refractivity contribution is -0.145. The maximum atomic E-state index is 14.1. The number of primary amides is 1. The van der Waals surface area contributed by atoms with E-state index in [1.165, 1.54) is 4.31 Å². The number of nitrogens with zero attached hydrogens (tertiary/aromatic N) is 4. The Morgan fingerprint density at radius 2 is 1.82 bits per heavy atom. The van der Waals surface area contributed by atoms with Crippen LogP contribution in [0, 0.1) is 19.3 Å². The van der Waals surface area contributed by atoms with Gasteiger partial charge in [0.05, 0.1) is 23.9 Å². The van der Waals surface area contributed by atoms with E-state index in [1.807, 2.05) is 58.0 Å². The van der Waals surface area contributed by atoms with Gasteiger partial charge in [0.15, 0.2) is 0 Å². The molecule has 1 aliphatic rings. The number of ether oxygens (including phenoxy) is 1. The Morgan fingerprint density at radius 1 is 1.10 bits per heavy atom. The monoisotopic (exact) mass is 704 g/mol. The summed E-state index contributed by atoms with van der Waals surface area (Å²) in [6.07, 6.45) is -0.333. The third-order valence-corrected chi connectivity index (χ3v) is 11.4. The van der Waals surface area contributed by atoms with Gasteiger partial charge in [-0.2, -0.15) is 4.31 Å². The second-order valence-electron chi connectivity index (χ2n) is 13.3. The smallest absolute Gasteiger partial charge is 0.326 e. The number of sulfonamides is 1. The van der Waals surface area contributed by atoms with Crippen molar-refractivity contribution in [3.8, 4) is 5.75 Å². The third-order valence-electron chi connectivity index (χ3n) is 9.58. The third kappa shape index (κ3) is 6.94. The Bertz CT molecular complexity index is 2060. The highest BCUT2D eigenvalue weighted by Gasteiger charge is 2.42. The largest absolute Gasteiger partial charge is 0.488 e. The van der Waals surface area contributed by atoms with E-state index in [9.17, 15) is 27.9 Å². The number of hydrogen-bond acceptors (Lipinski definition) is 8. The minimum atomic E-state index is -3.93. The van der Waals surface area contributed by atoms with E-state index in [0.29, 0.717) is 29.8 Å². The number of rotatable bonds is 12. The number of nitrogens with one attached hydrogen (secondary N) is 1. The van der Waals surface area contributed by atoms with Crippen LogP contribution >= 0.6 is 0 Å². The zero-order chi connectivity index (χ0) is 36.5. The van der Waals surface area contributed by atoms with E-state index in [-0.39, 0.29) is 24.1 Å². The molecule has 14 heteroatoms. The summed E-state index contributed by atoms with van der Waals surface area (Å²) in [6, 6.07) is 14.6. The van der Waals surface area contributed by atoms with Gasteiger partial charge in [-0.05, 0) is 73.2 Å². The molecule has 0 saturated carbocycles. The average Bonchev–Trinajstić information content (AvgIpc) is 3.45. The standard InChI is InChI=1S/C36H44N6O7S/c1-7-25-20-41(50(47,48)30-12-10-9-11-29(30)49-25)19-24-17-23(14-13-21(24)3)32(26-15-16-28-33(22(26)4)39-40-42(28)8-2)36(5,6)35(46)38-27(34(44)45)18-31(37)43/h9-17,25,27,32H,7-8,18-20H2,1-6H3,(H2,37,43)(H,38,46)(H,44,45)/t25-,27?,32?/m1/s1. The van der Waals surface area contributed by atoms with Crippen molar-refractivity contribution in [1.29, 1.82) is 0 Å². The van der Waals surface area contributed by atoms with Gasteiger partial charge in [0.2, 0.25) is 21.8 Å². The summed E-state index contributed by atoms with van der Waals surface area (Å²) in [5.74, 6) is -3.20. The van der Waals surface area contributed by atoms with Crippen LogP contribution in [0.4, 0.5) is 0 Å². The molecule has 0 bridgehead atoms. The fraction of sp³-hybridized carbons (Fsp3) is 0.417. The molecule has 0 radical (unpaired) electrons. The van der Waals surface area contributed by atoms with Gasteiger partial charge in [0, 0.05) is 19.0 Å². The highest BCUT2D eigenvalue weighted by molar-refractivity contribution is 7.89. The van der Waals surface area contributed by atoms with Gasteiger partial charge in [0.1, 0.15) is 28.3 Å². The van der Waals surface area contributed by atoms with Gasteiger partial charge in [0.25, 0.3) is 0 Å². The quantitative estimate of drug-likeness (QED) is 0.196. The van der Waals surface area contributed by atoms with E-state index in [4.69, 9.17) is 10.5 Å². The van der Waals surface area contributed by atoms with Gasteiger partial charge in [-0.1, -0.05) is 62.4 Å². The number of carboxylic acid groups (broad SMARTS) is 1. The van der Waals surface area contributed by atoms with Gasteiger partial charge in [-0.25, -0.2) is 17.9 Å². The molecule has 1 aliphatic heterocycles. The number of aromatic nitrogens is 3. The first-order chi connectivity index (χ1) is 23.6. The van der Waals surface area contributed by atoms with Gasteiger partial charge >= 0.3 is 5.97 Å². The number of aryl methyl sites for hydroxylation is 3. The number of amides is 2. The number of hydrogen-bond donors (Lipinski definition) is 3. The molecule has 4 aromatic rings. The average molecular weight is 705 g/mol. The number of carboxylic acids is 1. The molecule has 0 saturated heterocycles. The van der Waals surface area contributed by atoms with Crippen LogP contribution in [-0.4, -0.2) is 69.3 Å². The molecule has 1 aromatic heterocycles. The van der Waals surface area contributed by atoms with Crippen molar-refractivity contribution >= 4 is 38.8 Å². The summed E-state index contributed by atoms with van der Waals surface area (Å²) in [7, 11) is -3.93. The molecule has 0 aliphatic carbocycles. The number of para-hydroxylation sites is 1. The van der Waals surface area contributed by atoms with Crippen LogP contribution in [-0.2, 0) is 37.5 Å². The summed E-state index contributed by atoms with van der Waals surface area (Å²) in [6.45, 7) is 11.9. The lowest BCUT2D eigenvalue weighted by Gasteiger charge is -2.36. The van der Waals surface area contributed by atoms with Crippen molar-refractivity contribution in [2.24, 2.45) is 11.1 Å². The fourth-order valence-corrected chi connectivity index (χ4v) is 8.20. The maximum absolute atomic E-state index is 14.1. The minimum Gasteiger partial charge on any atom is -0.488 e. The number of fused-ring (bicyclic) bond motifs is 2. The molecule has 2 amide bonds. The minimum absolute atomic E-state index is 0.0537. The van der Waals surface area contributed by atoms with Crippen LogP contribution in [0.5, 0.6) is 5.75 Å². The van der Waals surface area contributed by atoms with Gasteiger partial charge in [-0.3, -0.25) is 9.59 Å². The van der Waals surface area contributed by atoms with Gasteiger partial charge in [-0.15, -0.1) is 5.10 Å². The molecule has 13 nitrogen and oxygen atoms in total. The van der Waals surface area contributed by atoms with E-state index in [2.05, 4.69) is 15.6 Å². The Morgan fingerprint density at radius 3 is 2.48 bits per heavy atom. The summed E-state index contributed by atoms with van der Waals surface area (Å²) in [4.78, 5) is 37.9. The number of benzene rings is 3. The molecule has 0 fully saturated rings. The molecule has 5 rings (SSSR count). The van der Waals surface area contributed by atoms with Crippen LogP contribution in [0.3, 0.4) is 0 Å². The topological polar surface area (TPSA) is 187 Å². The predicted octanol–water partition coefficient (Wildman–Crippen LogP) is 4.03. The van der Waals surface area contributed by atoms with Crippen LogP contribution in [0.25, 0.3) is 11.0 Å². The second-order valence-corrected chi connectivity index (χ2v) is 15.2. The SMILES string of the molecule is CC[C@@H]1CN(Cc2cc(C(c3ccc4c(nnn4CC)c3C)C(C)(C)C(=O)NC(CC(N)=O)C(=O)O)ccc2C)S(=O)(=O)c2ccccc2O1. The first-order valence-electron chi connectivity index (χ1n) is 16.6. The van der Waals surface area contributed by atoms with Gasteiger partial charge < -0.3 is 20.9 Å². The molecular weight excluding hydrogens is 660 g/mol. The van der Waals surface area contributed by atoms with Crippen molar-refractivity contribution in [2.75, 3.05) is 6.54 Å². The summed E-state index contributed by atoms with van der Waals surface area (Å²) in [5, 5.41) is 21.0. The Kier molecular flexibility index (Phi) is 10.4. The van der Waals surface area contributed by atoms with Crippen molar-refractivity contribution in [3.63, 3.8) is 0 Å². The number of nitrogens with two attached hydrogens (primary N) is 1. The van der Waals surface area contributed by atoms with E-state index in [0.717, 1.165) is 27.8 Å². The molecule has 266 valence electrons. The van der Waals surface area contributed by atoms with Crippen molar-refractivity contribution in [1.82, 2.24) is 24.6 Å². The summed E-state index contributed by atoms with van der Waals surface area (Å²) >= 11 is 0. The number of carbonyl (C=O) groups excluding carboxylic acids is 2. The van der Waals surface area contributed by atoms with Crippen molar-refractivity contribution in [2.45, 2.75) is 90.4 Å². The number of aliphatic carboxylic acids is 1. The summed E-state index contributed by atoms with van der Waals surface area (Å²) in [5.41, 5.74) is 9.32. The Labute approximate surface area is 291 Å². The Hall–Kier alpha value is -4.82. The van der Waals surface area contributed by atoms with Crippen LogP contribution < -0.4 is 15.8 Å². The highest BCUT2D eigenvalue weighted by atomic mass is 32.2. The number of carbonyl (C=O) groups is 3. The molecule has 3 atom stereocenters. The molecule has 0 spiro atoms. The van der Waals surface area contributed by atoms with E-state index >= 15 is 0 Å². The second kappa shape index (κ2) is 14.2. The molecule has 4 N–H and O–H groups in total. The normalized spacial score (nSPS) is 17.3. The summed E-state index contributed by atoms with van der Waals surface area (Å²) < 4.78 is 37.4. The Balaban J connectivity index is 1.63. The lowest BCUT2D eigenvalue weighted by Crippen LogP contribution is -2.50. The van der Waals surface area contributed by atoms with Crippen molar-refractivity contribution < 1.29 is 32.6 Å². The molecule has 50 heavy (non-hydrogen) atoms. The zero-order valence-corrected chi connectivity index (χ0v) is 30.0. The van der Waals surface area contributed by atoms with E-state index < -0.39 is 51.6 Å². The van der Waals surface area contributed by atoms with Crippen LogP contribution in [0.1, 0.15) is 74.3 Å². The maximum Gasteiger partial charge on any atom is 0.326 e. The molecule has 2 heterocycles. The lowest BCUT2D eigenvalue weighted by atomic mass is 9.69. The molecular formula is C36H44N6O7S. The first kappa shape index (κ1) is 36.5. The predicted molar refractivity (Wildman–Crippen MR) is 187 cm³/mol. The highest BCUT2D eigenvalue weighted by Crippen LogP contribution is 2.44. The molecule has 3 aromatic carbocycles. The molecule has 2 unspecified atom stereocenters. The first-order valence-corrected chi connectivity index (χ1v) is 18.0.